The second-order valence-corrected chi connectivity index (χ2v) is 6.26. The van der Waals surface area contributed by atoms with E-state index >= 15 is 0 Å². The first kappa shape index (κ1) is 18.3. The van der Waals surface area contributed by atoms with Gasteiger partial charge in [-0.2, -0.15) is 0 Å². The average Bonchev–Trinajstić information content (AvgIpc) is 2.65. The summed E-state index contributed by atoms with van der Waals surface area (Å²) in [6.07, 6.45) is 2.12. The second kappa shape index (κ2) is 7.82. The van der Waals surface area contributed by atoms with E-state index in [2.05, 4.69) is 20.6 Å². The van der Waals surface area contributed by atoms with Gasteiger partial charge < -0.3 is 10.6 Å². The summed E-state index contributed by atoms with van der Waals surface area (Å²) in [7, 11) is 0. The van der Waals surface area contributed by atoms with Crippen molar-refractivity contribution >= 4 is 28.7 Å². The molecule has 3 aromatic rings. The Morgan fingerprint density at radius 2 is 1.67 bits per heavy atom. The van der Waals surface area contributed by atoms with Gasteiger partial charge in [0, 0.05) is 11.4 Å². The van der Waals surface area contributed by atoms with Gasteiger partial charge >= 0.3 is 5.69 Å². The van der Waals surface area contributed by atoms with Gasteiger partial charge in [0.1, 0.15) is 6.33 Å². The molecule has 0 fully saturated rings. The maximum atomic E-state index is 11.8. The van der Waals surface area contributed by atoms with E-state index in [0.717, 1.165) is 34.5 Å². The number of nitrogens with one attached hydrogen (secondary N) is 2. The highest BCUT2D eigenvalue weighted by Gasteiger charge is 2.24. The number of para-hydroxylation sites is 1. The standard InChI is InChI=1S/C20H21N5O2/c1-4-15-7-5-6-8-16(15)23-19-18(25(26)27)20(22-12-21-19)24-17-11-13(2)9-10-14(17)3/h5-12H,4H2,1-3H3,(H2,21,22,23,24). The summed E-state index contributed by atoms with van der Waals surface area (Å²) < 4.78 is 0. The summed E-state index contributed by atoms with van der Waals surface area (Å²) >= 11 is 0. The Balaban J connectivity index is 2.03. The molecule has 0 unspecified atom stereocenters. The number of nitrogens with zero attached hydrogens (tertiary/aromatic N) is 3. The third-order valence-electron chi connectivity index (χ3n) is 4.30. The van der Waals surface area contributed by atoms with Crippen molar-refractivity contribution in [3.05, 3.63) is 75.6 Å². The Morgan fingerprint density at radius 3 is 2.33 bits per heavy atom. The molecule has 0 aliphatic carbocycles. The first-order valence-corrected chi connectivity index (χ1v) is 8.68. The summed E-state index contributed by atoms with van der Waals surface area (Å²) in [5.41, 5.74) is 4.45. The smallest absolute Gasteiger partial charge is 0.334 e. The lowest BCUT2D eigenvalue weighted by Gasteiger charge is -2.13. The van der Waals surface area contributed by atoms with E-state index in [1.54, 1.807) is 0 Å². The van der Waals surface area contributed by atoms with E-state index in [4.69, 9.17) is 0 Å². The van der Waals surface area contributed by atoms with Crippen molar-refractivity contribution in [2.24, 2.45) is 0 Å². The van der Waals surface area contributed by atoms with Gasteiger partial charge in [-0.05, 0) is 49.1 Å². The van der Waals surface area contributed by atoms with E-state index in [1.807, 2.05) is 63.2 Å². The predicted octanol–water partition coefficient (Wildman–Crippen LogP) is 5.05. The van der Waals surface area contributed by atoms with Gasteiger partial charge in [0.15, 0.2) is 0 Å². The zero-order valence-electron chi connectivity index (χ0n) is 15.5. The Bertz CT molecular complexity index is 988. The van der Waals surface area contributed by atoms with Gasteiger partial charge in [0.05, 0.1) is 4.92 Å². The third kappa shape index (κ3) is 4.03. The molecule has 0 saturated heterocycles. The SMILES string of the molecule is CCc1ccccc1Nc1ncnc(Nc2cc(C)ccc2C)c1[N+](=O)[O-]. The van der Waals surface area contributed by atoms with Crippen LogP contribution in [-0.4, -0.2) is 14.9 Å². The minimum absolute atomic E-state index is 0.153. The molecule has 0 amide bonds. The maximum Gasteiger partial charge on any atom is 0.353 e. The van der Waals surface area contributed by atoms with Crippen LogP contribution in [0.5, 0.6) is 0 Å². The third-order valence-corrected chi connectivity index (χ3v) is 4.30. The number of nitro groups is 1. The Labute approximate surface area is 157 Å². The van der Waals surface area contributed by atoms with Crippen molar-refractivity contribution in [2.45, 2.75) is 27.2 Å². The van der Waals surface area contributed by atoms with Crippen LogP contribution >= 0.6 is 0 Å². The largest absolute Gasteiger partial charge is 0.353 e. The second-order valence-electron chi connectivity index (χ2n) is 6.26. The molecule has 7 nitrogen and oxygen atoms in total. The molecule has 0 radical (unpaired) electrons. The van der Waals surface area contributed by atoms with Crippen LogP contribution in [0.15, 0.2) is 48.8 Å². The van der Waals surface area contributed by atoms with Crippen molar-refractivity contribution in [3.63, 3.8) is 0 Å². The van der Waals surface area contributed by atoms with Crippen LogP contribution in [0.1, 0.15) is 23.6 Å². The molecule has 7 heteroatoms. The molecule has 0 saturated carbocycles. The highest BCUT2D eigenvalue weighted by Crippen LogP contribution is 2.34. The van der Waals surface area contributed by atoms with Crippen LogP contribution in [-0.2, 0) is 6.42 Å². The van der Waals surface area contributed by atoms with E-state index in [1.165, 1.54) is 6.33 Å². The van der Waals surface area contributed by atoms with E-state index in [-0.39, 0.29) is 17.3 Å². The van der Waals surface area contributed by atoms with Crippen LogP contribution < -0.4 is 10.6 Å². The van der Waals surface area contributed by atoms with Crippen LogP contribution in [0.4, 0.5) is 28.7 Å². The van der Waals surface area contributed by atoms with Crippen LogP contribution in [0.25, 0.3) is 0 Å². The van der Waals surface area contributed by atoms with Gasteiger partial charge in [-0.3, -0.25) is 10.1 Å². The van der Waals surface area contributed by atoms with Crippen LogP contribution in [0.3, 0.4) is 0 Å². The fourth-order valence-corrected chi connectivity index (χ4v) is 2.81. The molecule has 0 aliphatic heterocycles. The molecule has 1 heterocycles. The number of aromatic nitrogens is 2. The fourth-order valence-electron chi connectivity index (χ4n) is 2.81. The number of aryl methyl sites for hydroxylation is 3. The maximum absolute atomic E-state index is 11.8. The van der Waals surface area contributed by atoms with Gasteiger partial charge in [0.25, 0.3) is 0 Å². The number of anilines is 4. The van der Waals surface area contributed by atoms with E-state index < -0.39 is 4.92 Å². The molecule has 138 valence electrons. The van der Waals surface area contributed by atoms with Gasteiger partial charge in [0.2, 0.25) is 11.6 Å². The molecule has 0 spiro atoms. The van der Waals surface area contributed by atoms with Crippen LogP contribution in [0, 0.1) is 24.0 Å². The zero-order chi connectivity index (χ0) is 19.4. The number of hydrogen-bond donors (Lipinski definition) is 2. The lowest BCUT2D eigenvalue weighted by Crippen LogP contribution is -2.07. The minimum atomic E-state index is -0.468. The van der Waals surface area contributed by atoms with Crippen molar-refractivity contribution in [2.75, 3.05) is 10.6 Å². The van der Waals surface area contributed by atoms with Gasteiger partial charge in [-0.15, -0.1) is 0 Å². The Kier molecular flexibility index (Phi) is 5.30. The number of benzene rings is 2. The topological polar surface area (TPSA) is 93.0 Å². The number of rotatable bonds is 6. The highest BCUT2D eigenvalue weighted by atomic mass is 16.6. The lowest BCUT2D eigenvalue weighted by molar-refractivity contribution is -0.383. The monoisotopic (exact) mass is 363 g/mol. The summed E-state index contributed by atoms with van der Waals surface area (Å²) in [6.45, 7) is 5.93. The fraction of sp³-hybridized carbons (Fsp3) is 0.200. The molecule has 2 aromatic carbocycles. The lowest BCUT2D eigenvalue weighted by atomic mass is 10.1. The quantitative estimate of drug-likeness (QED) is 0.470. The summed E-state index contributed by atoms with van der Waals surface area (Å²) in [6, 6.07) is 13.5. The predicted molar refractivity (Wildman–Crippen MR) is 107 cm³/mol. The molecule has 2 N–H and O–H groups in total. The van der Waals surface area contributed by atoms with E-state index in [0.29, 0.717) is 0 Å². The Morgan fingerprint density at radius 1 is 1.00 bits per heavy atom. The molecule has 0 bridgehead atoms. The van der Waals surface area contributed by atoms with Crippen molar-refractivity contribution in [3.8, 4) is 0 Å². The molecular formula is C20H21N5O2. The van der Waals surface area contributed by atoms with Crippen LogP contribution in [0.2, 0.25) is 0 Å². The summed E-state index contributed by atoms with van der Waals surface area (Å²) in [5, 5.41) is 18.0. The van der Waals surface area contributed by atoms with Crippen molar-refractivity contribution in [1.82, 2.24) is 9.97 Å². The number of hydrogen-bond acceptors (Lipinski definition) is 6. The molecular weight excluding hydrogens is 342 g/mol. The zero-order valence-corrected chi connectivity index (χ0v) is 15.5. The van der Waals surface area contributed by atoms with Crippen molar-refractivity contribution in [1.29, 1.82) is 0 Å². The minimum Gasteiger partial charge on any atom is -0.334 e. The molecule has 3 rings (SSSR count). The molecule has 27 heavy (non-hydrogen) atoms. The molecule has 0 aliphatic rings. The molecule has 1 aromatic heterocycles. The van der Waals surface area contributed by atoms with Gasteiger partial charge in [-0.1, -0.05) is 37.3 Å². The normalized spacial score (nSPS) is 10.5. The summed E-state index contributed by atoms with van der Waals surface area (Å²) in [5.74, 6) is 0.309. The highest BCUT2D eigenvalue weighted by molar-refractivity contribution is 5.78. The van der Waals surface area contributed by atoms with Gasteiger partial charge in [-0.25, -0.2) is 9.97 Å². The Hall–Kier alpha value is -3.48. The van der Waals surface area contributed by atoms with Crippen molar-refractivity contribution < 1.29 is 4.92 Å². The summed E-state index contributed by atoms with van der Waals surface area (Å²) in [4.78, 5) is 19.5. The average molecular weight is 363 g/mol. The first-order valence-electron chi connectivity index (χ1n) is 8.68. The molecule has 0 atom stereocenters. The van der Waals surface area contributed by atoms with E-state index in [9.17, 15) is 10.1 Å². The first-order chi connectivity index (χ1) is 13.0.